The summed E-state index contributed by atoms with van der Waals surface area (Å²) in [6.07, 6.45) is 3.47. The Balaban J connectivity index is 1.64. The summed E-state index contributed by atoms with van der Waals surface area (Å²) in [7, 11) is 0. The molecule has 0 aliphatic heterocycles. The number of anilines is 2. The van der Waals surface area contributed by atoms with Crippen molar-refractivity contribution >= 4 is 35.0 Å². The van der Waals surface area contributed by atoms with E-state index in [-0.39, 0.29) is 24.0 Å². The zero-order chi connectivity index (χ0) is 23.6. The number of hydrogen-bond donors (Lipinski definition) is 2. The van der Waals surface area contributed by atoms with Gasteiger partial charge in [-0.2, -0.15) is 0 Å². The first kappa shape index (κ1) is 24.3. The van der Waals surface area contributed by atoms with E-state index in [0.717, 1.165) is 35.3 Å². The number of para-hydroxylation sites is 2. The Hall–Kier alpha value is -3.39. The third-order valence-electron chi connectivity index (χ3n) is 5.10. The van der Waals surface area contributed by atoms with Crippen molar-refractivity contribution < 1.29 is 9.59 Å². The van der Waals surface area contributed by atoms with Crippen molar-refractivity contribution in [1.29, 1.82) is 0 Å². The maximum Gasteiger partial charge on any atom is 0.234 e. The Kier molecular flexibility index (Phi) is 8.83. The minimum atomic E-state index is -0.168. The van der Waals surface area contributed by atoms with Gasteiger partial charge in [0, 0.05) is 17.9 Å². The van der Waals surface area contributed by atoms with E-state index >= 15 is 0 Å². The maximum atomic E-state index is 12.7. The summed E-state index contributed by atoms with van der Waals surface area (Å²) in [6.45, 7) is 8.34. The van der Waals surface area contributed by atoms with Crippen LogP contribution in [0.3, 0.4) is 0 Å². The lowest BCUT2D eigenvalue weighted by Gasteiger charge is -2.11. The van der Waals surface area contributed by atoms with E-state index < -0.39 is 0 Å². The summed E-state index contributed by atoms with van der Waals surface area (Å²) in [6, 6.07) is 15.5. The average molecular weight is 464 g/mol. The molecule has 2 amide bonds. The topological polar surface area (TPSA) is 88.9 Å². The van der Waals surface area contributed by atoms with Gasteiger partial charge in [-0.15, -0.1) is 16.8 Å². The molecular formula is C25H29N5O2S. The highest BCUT2D eigenvalue weighted by Gasteiger charge is 2.17. The molecule has 0 radical (unpaired) electrons. The fraction of sp³-hybridized carbons (Fsp3) is 0.280. The maximum absolute atomic E-state index is 12.7. The number of hydrogen-bond acceptors (Lipinski definition) is 5. The van der Waals surface area contributed by atoms with Crippen molar-refractivity contribution in [3.8, 4) is 0 Å². The Morgan fingerprint density at radius 2 is 1.52 bits per heavy atom. The van der Waals surface area contributed by atoms with Gasteiger partial charge in [0.25, 0.3) is 0 Å². The number of carbonyl (C=O) groups is 2. The van der Waals surface area contributed by atoms with E-state index in [9.17, 15) is 9.59 Å². The van der Waals surface area contributed by atoms with Gasteiger partial charge in [0.1, 0.15) is 5.82 Å². The minimum absolute atomic E-state index is 0.0789. The van der Waals surface area contributed by atoms with Gasteiger partial charge in [0.15, 0.2) is 5.16 Å². The molecule has 0 fully saturated rings. The molecule has 0 saturated heterocycles. The van der Waals surface area contributed by atoms with Crippen LogP contribution in [0.25, 0.3) is 0 Å². The fourth-order valence-corrected chi connectivity index (χ4v) is 4.19. The summed E-state index contributed by atoms with van der Waals surface area (Å²) < 4.78 is 1.82. The molecule has 1 aromatic heterocycles. The van der Waals surface area contributed by atoms with Crippen LogP contribution >= 0.6 is 11.8 Å². The van der Waals surface area contributed by atoms with Crippen LogP contribution in [-0.4, -0.2) is 32.3 Å². The van der Waals surface area contributed by atoms with Crippen LogP contribution in [0.1, 0.15) is 30.8 Å². The molecule has 0 unspecified atom stereocenters. The molecular weight excluding hydrogens is 434 g/mol. The number of rotatable bonds is 11. The van der Waals surface area contributed by atoms with E-state index in [2.05, 4.69) is 34.3 Å². The van der Waals surface area contributed by atoms with Gasteiger partial charge >= 0.3 is 0 Å². The summed E-state index contributed by atoms with van der Waals surface area (Å²) in [5.74, 6) is 0.424. The lowest BCUT2D eigenvalue weighted by atomic mass is 10.1. The Labute approximate surface area is 198 Å². The van der Waals surface area contributed by atoms with Crippen LogP contribution in [0.15, 0.2) is 66.3 Å². The first-order valence-corrected chi connectivity index (χ1v) is 12.0. The molecule has 2 N–H and O–H groups in total. The number of allylic oxidation sites excluding steroid dienone is 1. The first-order chi connectivity index (χ1) is 16.0. The van der Waals surface area contributed by atoms with E-state index in [1.807, 2.05) is 60.0 Å². The van der Waals surface area contributed by atoms with Crippen LogP contribution in [0.4, 0.5) is 11.4 Å². The first-order valence-electron chi connectivity index (χ1n) is 11.0. The minimum Gasteiger partial charge on any atom is -0.325 e. The van der Waals surface area contributed by atoms with E-state index in [1.165, 1.54) is 11.8 Å². The van der Waals surface area contributed by atoms with Crippen molar-refractivity contribution in [3.63, 3.8) is 0 Å². The molecule has 0 bridgehead atoms. The number of amides is 2. The zero-order valence-electron chi connectivity index (χ0n) is 19.0. The third-order valence-corrected chi connectivity index (χ3v) is 6.07. The highest BCUT2D eigenvalue weighted by atomic mass is 32.2. The predicted molar refractivity (Wildman–Crippen MR) is 134 cm³/mol. The Morgan fingerprint density at radius 3 is 2.09 bits per heavy atom. The predicted octanol–water partition coefficient (Wildman–Crippen LogP) is 4.50. The second kappa shape index (κ2) is 12.0. The molecule has 3 aromatic rings. The molecule has 0 spiro atoms. The molecule has 0 aliphatic carbocycles. The molecule has 8 heteroatoms. The normalized spacial score (nSPS) is 10.6. The van der Waals surface area contributed by atoms with Crippen LogP contribution in [-0.2, 0) is 35.4 Å². The molecule has 172 valence electrons. The largest absolute Gasteiger partial charge is 0.325 e. The van der Waals surface area contributed by atoms with Crippen LogP contribution in [0, 0.1) is 0 Å². The van der Waals surface area contributed by atoms with Crippen LogP contribution in [0.2, 0.25) is 0 Å². The van der Waals surface area contributed by atoms with Crippen LogP contribution in [0.5, 0.6) is 0 Å². The SMILES string of the molecule is C=CCn1c(CC(=O)Nc2ccccc2CC)nnc1SCC(=O)Nc1ccccc1CC. The van der Waals surface area contributed by atoms with Crippen molar-refractivity contribution in [3.05, 3.63) is 78.1 Å². The van der Waals surface area contributed by atoms with E-state index in [1.54, 1.807) is 6.08 Å². The monoisotopic (exact) mass is 463 g/mol. The molecule has 1 heterocycles. The molecule has 2 aromatic carbocycles. The van der Waals surface area contributed by atoms with E-state index in [4.69, 9.17) is 0 Å². The van der Waals surface area contributed by atoms with Gasteiger partial charge < -0.3 is 15.2 Å². The summed E-state index contributed by atoms with van der Waals surface area (Å²) in [5.41, 5.74) is 3.79. The number of aryl methyl sites for hydroxylation is 2. The van der Waals surface area contributed by atoms with Crippen molar-refractivity contribution in [1.82, 2.24) is 14.8 Å². The standard InChI is InChI=1S/C25H29N5O2S/c1-4-15-30-22(16-23(31)26-20-13-9-7-11-18(20)5-2)28-29-25(30)33-17-24(32)27-21-14-10-8-12-19(21)6-3/h4,7-14H,1,5-6,15-17H2,2-3H3,(H,26,31)(H,27,32). The Bertz CT molecular complexity index is 1130. The summed E-state index contributed by atoms with van der Waals surface area (Å²) in [4.78, 5) is 25.2. The smallest absolute Gasteiger partial charge is 0.234 e. The van der Waals surface area contributed by atoms with Gasteiger partial charge in [0.05, 0.1) is 12.2 Å². The summed E-state index contributed by atoms with van der Waals surface area (Å²) in [5, 5.41) is 14.9. The van der Waals surface area contributed by atoms with Gasteiger partial charge in [-0.3, -0.25) is 9.59 Å². The van der Waals surface area contributed by atoms with Crippen molar-refractivity contribution in [2.45, 2.75) is 44.8 Å². The Morgan fingerprint density at radius 1 is 0.939 bits per heavy atom. The van der Waals surface area contributed by atoms with Gasteiger partial charge in [-0.25, -0.2) is 0 Å². The second-order valence-electron chi connectivity index (χ2n) is 7.38. The molecule has 7 nitrogen and oxygen atoms in total. The van der Waals surface area contributed by atoms with Gasteiger partial charge in [0.2, 0.25) is 11.8 Å². The summed E-state index contributed by atoms with van der Waals surface area (Å²) >= 11 is 1.28. The number of thioether (sulfide) groups is 1. The molecule has 33 heavy (non-hydrogen) atoms. The molecule has 0 aliphatic rings. The lowest BCUT2D eigenvalue weighted by molar-refractivity contribution is -0.116. The van der Waals surface area contributed by atoms with E-state index in [0.29, 0.717) is 17.5 Å². The second-order valence-corrected chi connectivity index (χ2v) is 8.32. The lowest BCUT2D eigenvalue weighted by Crippen LogP contribution is -2.19. The number of aromatic nitrogens is 3. The highest BCUT2D eigenvalue weighted by molar-refractivity contribution is 7.99. The third kappa shape index (κ3) is 6.55. The number of nitrogens with zero attached hydrogens (tertiary/aromatic N) is 3. The average Bonchev–Trinajstić information content (AvgIpc) is 3.19. The van der Waals surface area contributed by atoms with Crippen molar-refractivity contribution in [2.24, 2.45) is 0 Å². The van der Waals surface area contributed by atoms with Crippen molar-refractivity contribution in [2.75, 3.05) is 16.4 Å². The van der Waals surface area contributed by atoms with Gasteiger partial charge in [-0.05, 0) is 36.1 Å². The zero-order valence-corrected chi connectivity index (χ0v) is 19.8. The fourth-order valence-electron chi connectivity index (χ4n) is 3.42. The molecule has 0 atom stereocenters. The van der Waals surface area contributed by atoms with Crippen LogP contribution < -0.4 is 10.6 Å². The highest BCUT2D eigenvalue weighted by Crippen LogP contribution is 2.21. The number of benzene rings is 2. The van der Waals surface area contributed by atoms with Gasteiger partial charge in [-0.1, -0.05) is 68.1 Å². The quantitative estimate of drug-likeness (QED) is 0.323. The molecule has 0 saturated carbocycles. The number of carbonyl (C=O) groups excluding carboxylic acids is 2. The molecule has 3 rings (SSSR count). The number of nitrogens with one attached hydrogen (secondary N) is 2.